The highest BCUT2D eigenvalue weighted by Gasteiger charge is 2.30. The van der Waals surface area contributed by atoms with Gasteiger partial charge in [0.15, 0.2) is 0 Å². The monoisotopic (exact) mass is 367 g/mol. The van der Waals surface area contributed by atoms with Gasteiger partial charge in [-0.25, -0.2) is 4.79 Å². The normalized spacial score (nSPS) is 17.8. The average Bonchev–Trinajstić information content (AvgIpc) is 3.07. The Hall–Kier alpha value is -2.56. The van der Waals surface area contributed by atoms with Gasteiger partial charge < -0.3 is 14.8 Å². The predicted molar refractivity (Wildman–Crippen MR) is 104 cm³/mol. The number of carbonyl (C=O) groups is 2. The Morgan fingerprint density at radius 3 is 2.70 bits per heavy atom. The summed E-state index contributed by atoms with van der Waals surface area (Å²) in [4.78, 5) is 27.3. The number of ketones is 1. The highest BCUT2D eigenvalue weighted by atomic mass is 16.5. The Balaban J connectivity index is 1.71. The molecule has 2 aliphatic carbocycles. The molecule has 0 atom stereocenters. The number of rotatable bonds is 4. The second kappa shape index (κ2) is 7.22. The van der Waals surface area contributed by atoms with Gasteiger partial charge in [-0.1, -0.05) is 25.3 Å². The summed E-state index contributed by atoms with van der Waals surface area (Å²) >= 11 is 0. The maximum absolute atomic E-state index is 12.3. The minimum Gasteiger partial charge on any atom is -0.505 e. The molecule has 1 aromatic carbocycles. The van der Waals surface area contributed by atoms with Crippen LogP contribution in [0.5, 0.6) is 0 Å². The van der Waals surface area contributed by atoms with Crippen molar-refractivity contribution in [2.45, 2.75) is 57.8 Å². The van der Waals surface area contributed by atoms with Gasteiger partial charge in [-0.05, 0) is 61.8 Å². The number of aromatic amines is 1. The Kier molecular flexibility index (Phi) is 4.77. The number of aromatic nitrogens is 1. The fourth-order valence-corrected chi connectivity index (χ4v) is 4.48. The second-order valence-corrected chi connectivity index (χ2v) is 7.50. The molecule has 0 radical (unpaired) electrons. The molecule has 0 unspecified atom stereocenters. The highest BCUT2D eigenvalue weighted by Crippen LogP contribution is 2.38. The van der Waals surface area contributed by atoms with Crippen LogP contribution in [0.15, 0.2) is 23.8 Å². The molecule has 2 aromatic rings. The molecule has 0 amide bonds. The molecule has 4 rings (SSSR count). The van der Waals surface area contributed by atoms with Crippen molar-refractivity contribution in [2.24, 2.45) is 0 Å². The van der Waals surface area contributed by atoms with E-state index in [2.05, 4.69) is 23.2 Å². The molecule has 1 saturated carbocycles. The zero-order chi connectivity index (χ0) is 19.0. The van der Waals surface area contributed by atoms with E-state index in [1.807, 2.05) is 0 Å². The Bertz CT molecular complexity index is 931. The molecule has 1 heterocycles. The van der Waals surface area contributed by atoms with Crippen molar-refractivity contribution in [3.8, 4) is 0 Å². The number of benzene rings is 1. The number of ether oxygens (including phenoxy) is 1. The van der Waals surface area contributed by atoms with Crippen LogP contribution in [0.25, 0.3) is 16.7 Å². The smallest absolute Gasteiger partial charge is 0.379 e. The van der Waals surface area contributed by atoms with E-state index in [1.54, 1.807) is 6.92 Å². The fraction of sp³-hybridized carbons (Fsp3) is 0.455. The van der Waals surface area contributed by atoms with Gasteiger partial charge in [0, 0.05) is 10.9 Å². The lowest BCUT2D eigenvalue weighted by Crippen LogP contribution is -2.22. The summed E-state index contributed by atoms with van der Waals surface area (Å²) in [5.74, 6) is -1.16. The van der Waals surface area contributed by atoms with Crippen LogP contribution in [0.4, 0.5) is 0 Å². The van der Waals surface area contributed by atoms with Gasteiger partial charge in [0.1, 0.15) is 5.76 Å². The lowest BCUT2D eigenvalue weighted by Gasteiger charge is -2.22. The lowest BCUT2D eigenvalue weighted by atomic mass is 9.83. The van der Waals surface area contributed by atoms with Gasteiger partial charge in [-0.3, -0.25) is 4.79 Å². The molecule has 5 nitrogen and oxygen atoms in total. The molecule has 5 heteroatoms. The maximum Gasteiger partial charge on any atom is 0.379 e. The third kappa shape index (κ3) is 3.15. The third-order valence-electron chi connectivity index (χ3n) is 5.89. The van der Waals surface area contributed by atoms with E-state index < -0.39 is 11.8 Å². The van der Waals surface area contributed by atoms with Crippen LogP contribution >= 0.6 is 0 Å². The number of hydrogen-bond acceptors (Lipinski definition) is 4. The number of aliphatic hydroxyl groups is 1. The first kappa shape index (κ1) is 17.8. The minimum absolute atomic E-state index is 0.121. The number of nitrogens with one attached hydrogen (secondary N) is 1. The number of Topliss-reactive ketones (excluding diaryl/α,β-unsaturated/α-hetero) is 1. The zero-order valence-electron chi connectivity index (χ0n) is 15.6. The van der Waals surface area contributed by atoms with Crippen molar-refractivity contribution in [3.63, 3.8) is 0 Å². The van der Waals surface area contributed by atoms with Crippen molar-refractivity contribution < 1.29 is 19.4 Å². The van der Waals surface area contributed by atoms with E-state index in [0.29, 0.717) is 24.5 Å². The highest BCUT2D eigenvalue weighted by molar-refractivity contribution is 6.41. The number of hydrogen-bond donors (Lipinski definition) is 2. The minimum atomic E-state index is -0.904. The van der Waals surface area contributed by atoms with Crippen LogP contribution in [0.1, 0.15) is 68.2 Å². The zero-order valence-corrected chi connectivity index (χ0v) is 15.6. The molecule has 0 bridgehead atoms. The molecular weight excluding hydrogens is 342 g/mol. The molecule has 1 fully saturated rings. The molecule has 27 heavy (non-hydrogen) atoms. The molecule has 0 aliphatic heterocycles. The second-order valence-electron chi connectivity index (χ2n) is 7.50. The maximum atomic E-state index is 12.3. The van der Waals surface area contributed by atoms with Crippen molar-refractivity contribution in [2.75, 3.05) is 6.61 Å². The van der Waals surface area contributed by atoms with Crippen LogP contribution in [0.2, 0.25) is 0 Å². The van der Waals surface area contributed by atoms with Gasteiger partial charge in [-0.15, -0.1) is 0 Å². The van der Waals surface area contributed by atoms with Crippen LogP contribution < -0.4 is 0 Å². The summed E-state index contributed by atoms with van der Waals surface area (Å²) in [6.07, 6.45) is 7.34. The number of aliphatic hydroxyl groups excluding tert-OH is 1. The Morgan fingerprint density at radius 1 is 1.19 bits per heavy atom. The van der Waals surface area contributed by atoms with Crippen molar-refractivity contribution >= 4 is 28.4 Å². The van der Waals surface area contributed by atoms with Gasteiger partial charge >= 0.3 is 5.97 Å². The first-order valence-electron chi connectivity index (χ1n) is 9.88. The molecule has 2 aliphatic rings. The van der Waals surface area contributed by atoms with Crippen molar-refractivity contribution in [1.29, 1.82) is 0 Å². The van der Waals surface area contributed by atoms with Gasteiger partial charge in [0.25, 0.3) is 5.78 Å². The molecule has 1 aromatic heterocycles. The lowest BCUT2D eigenvalue weighted by molar-refractivity contribution is -0.151. The van der Waals surface area contributed by atoms with E-state index in [9.17, 15) is 14.7 Å². The summed E-state index contributed by atoms with van der Waals surface area (Å²) < 4.78 is 4.79. The Labute approximate surface area is 158 Å². The third-order valence-corrected chi connectivity index (χ3v) is 5.89. The number of H-pyrrole nitrogens is 1. The number of fused-ring (bicyclic) bond motifs is 3. The van der Waals surface area contributed by atoms with Crippen molar-refractivity contribution in [3.05, 3.63) is 40.6 Å². The topological polar surface area (TPSA) is 79.4 Å². The van der Waals surface area contributed by atoms with Crippen LogP contribution in [-0.4, -0.2) is 28.4 Å². The van der Waals surface area contributed by atoms with Crippen LogP contribution in [0.3, 0.4) is 0 Å². The molecule has 142 valence electrons. The van der Waals surface area contributed by atoms with E-state index in [0.717, 1.165) is 16.5 Å². The molecule has 0 spiro atoms. The van der Waals surface area contributed by atoms with Crippen LogP contribution in [-0.2, 0) is 20.7 Å². The largest absolute Gasteiger partial charge is 0.505 e. The quantitative estimate of drug-likeness (QED) is 0.613. The summed E-state index contributed by atoms with van der Waals surface area (Å²) in [5, 5.41) is 11.8. The molecular formula is C22H25NO4. The predicted octanol–water partition coefficient (Wildman–Crippen LogP) is 4.56. The summed E-state index contributed by atoms with van der Waals surface area (Å²) in [6.45, 7) is 1.79. The van der Waals surface area contributed by atoms with E-state index in [1.165, 1.54) is 37.7 Å². The number of esters is 1. The summed E-state index contributed by atoms with van der Waals surface area (Å²) in [6, 6.07) is 6.48. The Morgan fingerprint density at radius 2 is 1.96 bits per heavy atom. The van der Waals surface area contributed by atoms with Crippen molar-refractivity contribution in [1.82, 2.24) is 4.98 Å². The number of aryl methyl sites for hydroxylation is 1. The van der Waals surface area contributed by atoms with E-state index in [4.69, 9.17) is 4.74 Å². The average molecular weight is 367 g/mol. The summed E-state index contributed by atoms with van der Waals surface area (Å²) in [7, 11) is 0. The number of carbonyl (C=O) groups excluding carboxylic acids is 2. The fourth-order valence-electron chi connectivity index (χ4n) is 4.48. The van der Waals surface area contributed by atoms with Gasteiger partial charge in [0.05, 0.1) is 17.9 Å². The molecule has 2 N–H and O–H groups in total. The first-order chi connectivity index (χ1) is 13.1. The SMILES string of the molecule is CCOC(=O)C(=O)C1=C(O)c2[nH]c3ccc(C4CCCCC4)cc3c2CC1. The molecule has 0 saturated heterocycles. The van der Waals surface area contributed by atoms with E-state index >= 15 is 0 Å². The van der Waals surface area contributed by atoms with Crippen LogP contribution in [0, 0.1) is 0 Å². The standard InChI is InChI=1S/C22H25NO4/c1-2-27-22(26)21(25)16-10-9-15-17-12-14(13-6-4-3-5-7-13)8-11-18(17)23-19(15)20(16)24/h8,11-13,23-24H,2-7,9-10H2,1H3. The van der Waals surface area contributed by atoms with Gasteiger partial charge in [-0.2, -0.15) is 0 Å². The van der Waals surface area contributed by atoms with Gasteiger partial charge in [0.2, 0.25) is 0 Å². The van der Waals surface area contributed by atoms with E-state index in [-0.39, 0.29) is 17.9 Å². The first-order valence-corrected chi connectivity index (χ1v) is 9.88. The summed E-state index contributed by atoms with van der Waals surface area (Å²) in [5.41, 5.74) is 4.04.